The molecule has 30 heavy (non-hydrogen) atoms. The molecule has 1 fully saturated rings. The first kappa shape index (κ1) is 20.4. The van der Waals surface area contributed by atoms with Gasteiger partial charge in [-0.25, -0.2) is 0 Å². The number of rotatable bonds is 5. The quantitative estimate of drug-likeness (QED) is 0.659. The van der Waals surface area contributed by atoms with E-state index in [9.17, 15) is 4.79 Å². The molecule has 0 unspecified atom stereocenters. The Hall–Kier alpha value is -2.85. The zero-order valence-electron chi connectivity index (χ0n) is 18.1. The summed E-state index contributed by atoms with van der Waals surface area (Å²) in [7, 11) is 0. The Labute approximate surface area is 179 Å². The Balaban J connectivity index is 1.83. The fourth-order valence-electron chi connectivity index (χ4n) is 4.53. The first-order chi connectivity index (χ1) is 14.6. The van der Waals surface area contributed by atoms with E-state index in [2.05, 4.69) is 65.9 Å². The number of amides is 1. The molecule has 1 aliphatic rings. The lowest BCUT2D eigenvalue weighted by Crippen LogP contribution is -2.54. The van der Waals surface area contributed by atoms with Gasteiger partial charge in [0.2, 0.25) is 0 Å². The zero-order valence-corrected chi connectivity index (χ0v) is 18.1. The van der Waals surface area contributed by atoms with E-state index in [1.165, 1.54) is 0 Å². The van der Waals surface area contributed by atoms with Crippen LogP contribution in [0.5, 0.6) is 0 Å². The predicted octanol–water partition coefficient (Wildman–Crippen LogP) is 4.91. The molecule has 0 saturated carbocycles. The highest BCUT2D eigenvalue weighted by molar-refractivity contribution is 6.01. The number of para-hydroxylation sites is 1. The SMILES string of the molecule is Cc1cc(C(=O)N2CCNC[C@H]2CC(C)C)c(-c2ccccc2)n1-c1ccccc1. The number of benzene rings is 2. The molecule has 0 aliphatic carbocycles. The molecular formula is C26H31N3O. The molecule has 1 amide bonds. The minimum atomic E-state index is 0.138. The summed E-state index contributed by atoms with van der Waals surface area (Å²) in [5.41, 5.74) is 4.98. The molecule has 0 bridgehead atoms. The van der Waals surface area contributed by atoms with Crippen molar-refractivity contribution in [3.05, 3.63) is 78.0 Å². The van der Waals surface area contributed by atoms with Crippen molar-refractivity contribution in [2.75, 3.05) is 19.6 Å². The molecular weight excluding hydrogens is 370 g/mol. The number of aromatic nitrogens is 1. The van der Waals surface area contributed by atoms with E-state index in [0.717, 1.165) is 54.3 Å². The highest BCUT2D eigenvalue weighted by atomic mass is 16.2. The summed E-state index contributed by atoms with van der Waals surface area (Å²) in [5.74, 6) is 0.688. The van der Waals surface area contributed by atoms with Gasteiger partial charge in [-0.15, -0.1) is 0 Å². The standard InChI is InChI=1S/C26H31N3O/c1-19(2)16-23-18-27-14-15-28(23)26(30)24-17-20(3)29(22-12-8-5-9-13-22)25(24)21-10-6-4-7-11-21/h4-13,17,19,23,27H,14-16,18H2,1-3H3/t23-/m1/s1. The lowest BCUT2D eigenvalue weighted by molar-refractivity contribution is 0.0611. The number of hydrogen-bond donors (Lipinski definition) is 1. The van der Waals surface area contributed by atoms with Crippen molar-refractivity contribution in [3.63, 3.8) is 0 Å². The molecule has 1 atom stereocenters. The van der Waals surface area contributed by atoms with Crippen LogP contribution in [0.15, 0.2) is 66.7 Å². The summed E-state index contributed by atoms with van der Waals surface area (Å²) in [6, 6.07) is 22.9. The van der Waals surface area contributed by atoms with Gasteiger partial charge in [0, 0.05) is 37.1 Å². The average Bonchev–Trinajstić information content (AvgIpc) is 3.11. The minimum absolute atomic E-state index is 0.138. The number of carbonyl (C=O) groups is 1. The maximum absolute atomic E-state index is 13.9. The lowest BCUT2D eigenvalue weighted by Gasteiger charge is -2.37. The van der Waals surface area contributed by atoms with Crippen LogP contribution in [-0.2, 0) is 0 Å². The van der Waals surface area contributed by atoms with Gasteiger partial charge in [-0.2, -0.15) is 0 Å². The third kappa shape index (κ3) is 4.05. The first-order valence-electron chi connectivity index (χ1n) is 10.9. The van der Waals surface area contributed by atoms with Crippen molar-refractivity contribution < 1.29 is 4.79 Å². The minimum Gasteiger partial charge on any atom is -0.333 e. The van der Waals surface area contributed by atoms with Crippen molar-refractivity contribution in [1.29, 1.82) is 0 Å². The van der Waals surface area contributed by atoms with Gasteiger partial charge < -0.3 is 14.8 Å². The van der Waals surface area contributed by atoms with Gasteiger partial charge in [-0.3, -0.25) is 4.79 Å². The summed E-state index contributed by atoms with van der Waals surface area (Å²) in [6.45, 7) is 8.99. The van der Waals surface area contributed by atoms with Crippen molar-refractivity contribution in [3.8, 4) is 16.9 Å². The van der Waals surface area contributed by atoms with Gasteiger partial charge in [-0.05, 0) is 43.0 Å². The second-order valence-electron chi connectivity index (χ2n) is 8.57. The highest BCUT2D eigenvalue weighted by Crippen LogP contribution is 2.32. The smallest absolute Gasteiger partial charge is 0.256 e. The number of nitrogens with one attached hydrogen (secondary N) is 1. The van der Waals surface area contributed by atoms with Crippen LogP contribution in [0.3, 0.4) is 0 Å². The second kappa shape index (κ2) is 8.88. The van der Waals surface area contributed by atoms with Crippen LogP contribution in [0.25, 0.3) is 16.9 Å². The Morgan fingerprint density at radius 2 is 1.73 bits per heavy atom. The molecule has 1 aromatic heterocycles. The highest BCUT2D eigenvalue weighted by Gasteiger charge is 2.31. The second-order valence-corrected chi connectivity index (χ2v) is 8.57. The molecule has 4 heteroatoms. The van der Waals surface area contributed by atoms with Crippen LogP contribution in [-0.4, -0.2) is 41.1 Å². The van der Waals surface area contributed by atoms with Crippen LogP contribution in [0.4, 0.5) is 0 Å². The number of nitrogens with zero attached hydrogens (tertiary/aromatic N) is 2. The lowest BCUT2D eigenvalue weighted by atomic mass is 9.99. The third-order valence-corrected chi connectivity index (χ3v) is 5.83. The Morgan fingerprint density at radius 1 is 1.07 bits per heavy atom. The topological polar surface area (TPSA) is 37.3 Å². The largest absolute Gasteiger partial charge is 0.333 e. The first-order valence-corrected chi connectivity index (χ1v) is 10.9. The van der Waals surface area contributed by atoms with E-state index in [4.69, 9.17) is 0 Å². The molecule has 0 radical (unpaired) electrons. The molecule has 156 valence electrons. The number of carbonyl (C=O) groups excluding carboxylic acids is 1. The van der Waals surface area contributed by atoms with Crippen LogP contribution in [0, 0.1) is 12.8 Å². The Kier molecular flexibility index (Phi) is 6.05. The summed E-state index contributed by atoms with van der Waals surface area (Å²) in [4.78, 5) is 16.0. The van der Waals surface area contributed by atoms with E-state index < -0.39 is 0 Å². The Bertz CT molecular complexity index is 992. The van der Waals surface area contributed by atoms with Crippen molar-refractivity contribution in [1.82, 2.24) is 14.8 Å². The van der Waals surface area contributed by atoms with Crippen LogP contribution >= 0.6 is 0 Å². The molecule has 0 spiro atoms. The molecule has 1 N–H and O–H groups in total. The molecule has 2 heterocycles. The number of hydrogen-bond acceptors (Lipinski definition) is 2. The molecule has 4 rings (SSSR count). The van der Waals surface area contributed by atoms with Gasteiger partial charge in [0.15, 0.2) is 0 Å². The van der Waals surface area contributed by atoms with Crippen molar-refractivity contribution in [2.24, 2.45) is 5.92 Å². The number of piperazine rings is 1. The van der Waals surface area contributed by atoms with Crippen LogP contribution < -0.4 is 5.32 Å². The van der Waals surface area contributed by atoms with Crippen molar-refractivity contribution >= 4 is 5.91 Å². The van der Waals surface area contributed by atoms with Gasteiger partial charge in [0.25, 0.3) is 5.91 Å². The van der Waals surface area contributed by atoms with Gasteiger partial charge in [-0.1, -0.05) is 62.4 Å². The fraction of sp³-hybridized carbons (Fsp3) is 0.346. The molecule has 4 nitrogen and oxygen atoms in total. The van der Waals surface area contributed by atoms with Crippen molar-refractivity contribution in [2.45, 2.75) is 33.2 Å². The van der Waals surface area contributed by atoms with Crippen LogP contribution in [0.1, 0.15) is 36.3 Å². The van der Waals surface area contributed by atoms with E-state index in [0.29, 0.717) is 5.92 Å². The van der Waals surface area contributed by atoms with Gasteiger partial charge >= 0.3 is 0 Å². The summed E-state index contributed by atoms with van der Waals surface area (Å²) < 4.78 is 2.21. The van der Waals surface area contributed by atoms with Gasteiger partial charge in [0.05, 0.1) is 11.3 Å². The molecule has 2 aromatic carbocycles. The monoisotopic (exact) mass is 401 g/mol. The summed E-state index contributed by atoms with van der Waals surface area (Å²) in [5, 5.41) is 3.47. The van der Waals surface area contributed by atoms with E-state index in [1.54, 1.807) is 0 Å². The number of aryl methyl sites for hydroxylation is 1. The van der Waals surface area contributed by atoms with Gasteiger partial charge in [0.1, 0.15) is 0 Å². The summed E-state index contributed by atoms with van der Waals surface area (Å²) >= 11 is 0. The fourth-order valence-corrected chi connectivity index (χ4v) is 4.53. The van der Waals surface area contributed by atoms with E-state index in [-0.39, 0.29) is 11.9 Å². The molecule has 1 saturated heterocycles. The molecule has 1 aliphatic heterocycles. The normalized spacial score (nSPS) is 16.8. The van der Waals surface area contributed by atoms with E-state index >= 15 is 0 Å². The Morgan fingerprint density at radius 3 is 2.40 bits per heavy atom. The zero-order chi connectivity index (χ0) is 21.1. The maximum atomic E-state index is 13.9. The maximum Gasteiger partial charge on any atom is 0.256 e. The average molecular weight is 402 g/mol. The summed E-state index contributed by atoms with van der Waals surface area (Å²) in [6.07, 6.45) is 1.01. The predicted molar refractivity (Wildman–Crippen MR) is 123 cm³/mol. The third-order valence-electron chi connectivity index (χ3n) is 5.83. The van der Waals surface area contributed by atoms with E-state index in [1.807, 2.05) is 36.4 Å². The van der Waals surface area contributed by atoms with Crippen LogP contribution in [0.2, 0.25) is 0 Å². The molecule has 3 aromatic rings.